The molecule has 9 heteroatoms. The van der Waals surface area contributed by atoms with E-state index in [2.05, 4.69) is 30.5 Å². The topological polar surface area (TPSA) is 83.0 Å². The van der Waals surface area contributed by atoms with Crippen LogP contribution in [-0.4, -0.2) is 41.0 Å². The predicted molar refractivity (Wildman–Crippen MR) is 128 cm³/mol. The second kappa shape index (κ2) is 10.1. The lowest BCUT2D eigenvalue weighted by molar-refractivity contribution is -0.125. The van der Waals surface area contributed by atoms with E-state index in [1.807, 2.05) is 30.3 Å². The van der Waals surface area contributed by atoms with Crippen molar-refractivity contribution in [3.8, 4) is 11.4 Å². The highest BCUT2D eigenvalue weighted by Crippen LogP contribution is 2.25. The number of nitrogens with one attached hydrogen (secondary N) is 2. The molecule has 3 aromatic rings. The Labute approximate surface area is 197 Å². The van der Waals surface area contributed by atoms with Gasteiger partial charge in [0.2, 0.25) is 17.8 Å². The van der Waals surface area contributed by atoms with Crippen LogP contribution in [0.3, 0.4) is 0 Å². The van der Waals surface area contributed by atoms with Gasteiger partial charge >= 0.3 is 0 Å². The first-order chi connectivity index (χ1) is 15.5. The van der Waals surface area contributed by atoms with Crippen molar-refractivity contribution < 1.29 is 4.79 Å². The maximum absolute atomic E-state index is 12.7. The van der Waals surface area contributed by atoms with E-state index in [4.69, 9.17) is 23.2 Å². The maximum atomic E-state index is 12.7. The van der Waals surface area contributed by atoms with Crippen LogP contribution >= 0.6 is 23.2 Å². The first-order valence-corrected chi connectivity index (χ1v) is 11.2. The summed E-state index contributed by atoms with van der Waals surface area (Å²) in [7, 11) is 1.79. The van der Waals surface area contributed by atoms with Crippen molar-refractivity contribution in [3.05, 3.63) is 64.1 Å². The summed E-state index contributed by atoms with van der Waals surface area (Å²) in [4.78, 5) is 28.5. The fraction of sp³-hybridized carbons (Fsp3) is 0.304. The summed E-state index contributed by atoms with van der Waals surface area (Å²) in [5, 5.41) is 7.13. The summed E-state index contributed by atoms with van der Waals surface area (Å²) < 4.78 is 0. The number of benzene rings is 2. The fourth-order valence-corrected chi connectivity index (χ4v) is 4.29. The number of halogens is 2. The van der Waals surface area contributed by atoms with Crippen LogP contribution in [-0.2, 0) is 11.3 Å². The molecule has 0 aliphatic carbocycles. The number of nitrogens with zero attached hydrogens (tertiary/aromatic N) is 4. The lowest BCUT2D eigenvalue weighted by Gasteiger charge is -2.31. The van der Waals surface area contributed by atoms with Crippen molar-refractivity contribution in [3.63, 3.8) is 0 Å². The molecule has 0 atom stereocenters. The average Bonchev–Trinajstić information content (AvgIpc) is 2.82. The summed E-state index contributed by atoms with van der Waals surface area (Å²) in [5.74, 6) is 1.75. The minimum Gasteiger partial charge on any atom is -0.357 e. The molecular weight excluding hydrogens is 447 g/mol. The van der Waals surface area contributed by atoms with Crippen LogP contribution in [0.15, 0.2) is 48.5 Å². The third-order valence-corrected chi connectivity index (χ3v) is 5.85. The Morgan fingerprint density at radius 3 is 2.38 bits per heavy atom. The molecule has 0 unspecified atom stereocenters. The molecule has 166 valence electrons. The smallest absolute Gasteiger partial charge is 0.230 e. The van der Waals surface area contributed by atoms with E-state index in [1.54, 1.807) is 25.2 Å². The molecule has 1 aliphatic rings. The quantitative estimate of drug-likeness (QED) is 0.554. The first-order valence-electron chi connectivity index (χ1n) is 10.5. The molecule has 7 nitrogen and oxygen atoms in total. The minimum absolute atomic E-state index is 0.0392. The van der Waals surface area contributed by atoms with Crippen molar-refractivity contribution in [2.45, 2.75) is 19.4 Å². The van der Waals surface area contributed by atoms with Crippen LogP contribution in [0.1, 0.15) is 18.4 Å². The number of anilines is 2. The number of hydrogen-bond acceptors (Lipinski definition) is 6. The van der Waals surface area contributed by atoms with Gasteiger partial charge in [0.15, 0.2) is 5.82 Å². The van der Waals surface area contributed by atoms with Gasteiger partial charge in [0.1, 0.15) is 0 Å². The normalized spacial score (nSPS) is 14.3. The second-order valence-corrected chi connectivity index (χ2v) is 8.53. The van der Waals surface area contributed by atoms with Crippen LogP contribution in [0.4, 0.5) is 11.9 Å². The van der Waals surface area contributed by atoms with Crippen LogP contribution < -0.4 is 15.5 Å². The molecule has 1 aliphatic heterocycles. The Morgan fingerprint density at radius 2 is 1.72 bits per heavy atom. The van der Waals surface area contributed by atoms with E-state index >= 15 is 0 Å². The molecule has 2 N–H and O–H groups in total. The zero-order chi connectivity index (χ0) is 22.5. The molecule has 32 heavy (non-hydrogen) atoms. The number of rotatable bonds is 6. The summed E-state index contributed by atoms with van der Waals surface area (Å²) in [6, 6.07) is 15.1. The lowest BCUT2D eigenvalue weighted by Crippen LogP contribution is -2.41. The summed E-state index contributed by atoms with van der Waals surface area (Å²) in [6.07, 6.45) is 1.45. The molecule has 0 spiro atoms. The lowest BCUT2D eigenvalue weighted by atomic mass is 9.96. The van der Waals surface area contributed by atoms with Crippen molar-refractivity contribution in [1.29, 1.82) is 0 Å². The van der Waals surface area contributed by atoms with E-state index in [0.29, 0.717) is 47.4 Å². The number of aromatic nitrogens is 3. The maximum Gasteiger partial charge on any atom is 0.230 e. The van der Waals surface area contributed by atoms with E-state index in [1.165, 1.54) is 0 Å². The van der Waals surface area contributed by atoms with Gasteiger partial charge in [0.05, 0.1) is 0 Å². The van der Waals surface area contributed by atoms with Crippen molar-refractivity contribution in [2.24, 2.45) is 5.92 Å². The number of amides is 1. The molecule has 0 bridgehead atoms. The molecule has 1 saturated heterocycles. The highest BCUT2D eigenvalue weighted by atomic mass is 35.5. The van der Waals surface area contributed by atoms with E-state index in [-0.39, 0.29) is 11.8 Å². The predicted octanol–water partition coefficient (Wildman–Crippen LogP) is 4.42. The average molecular weight is 471 g/mol. The molecule has 1 amide bonds. The number of hydrogen-bond donors (Lipinski definition) is 2. The second-order valence-electron chi connectivity index (χ2n) is 7.66. The van der Waals surface area contributed by atoms with Crippen LogP contribution in [0.5, 0.6) is 0 Å². The Hall–Kier alpha value is -2.90. The molecular formula is C23H24Cl2N6O. The molecule has 2 aromatic carbocycles. The zero-order valence-electron chi connectivity index (χ0n) is 17.7. The van der Waals surface area contributed by atoms with Gasteiger partial charge in [-0.1, -0.05) is 53.5 Å². The largest absolute Gasteiger partial charge is 0.357 e. The van der Waals surface area contributed by atoms with Gasteiger partial charge in [-0.05, 0) is 36.6 Å². The van der Waals surface area contributed by atoms with Gasteiger partial charge in [-0.2, -0.15) is 15.0 Å². The van der Waals surface area contributed by atoms with Gasteiger partial charge in [-0.3, -0.25) is 4.79 Å². The van der Waals surface area contributed by atoms with E-state index in [0.717, 1.165) is 24.0 Å². The number of piperidine rings is 1. The fourth-order valence-electron chi connectivity index (χ4n) is 3.72. The molecule has 0 saturated carbocycles. The third-order valence-electron chi connectivity index (χ3n) is 5.42. The molecule has 2 heterocycles. The first kappa shape index (κ1) is 22.3. The highest BCUT2D eigenvalue weighted by molar-refractivity contribution is 6.34. The zero-order valence-corrected chi connectivity index (χ0v) is 19.2. The van der Waals surface area contributed by atoms with Crippen molar-refractivity contribution in [1.82, 2.24) is 20.3 Å². The van der Waals surface area contributed by atoms with Crippen LogP contribution in [0, 0.1) is 5.92 Å². The standard InChI is InChI=1S/C23H24Cl2N6O/c1-26-22-28-20(16-5-3-2-4-6-16)29-23(30-22)31-9-7-17(8-10-31)21(32)27-14-15-11-18(24)13-19(25)12-15/h2-6,11-13,17H,7-10,14H2,1H3,(H,27,32)(H,26,28,29,30). The van der Waals surface area contributed by atoms with E-state index < -0.39 is 0 Å². The number of carbonyl (C=O) groups excluding carboxylic acids is 1. The Bertz CT molecular complexity index is 1070. The van der Waals surface area contributed by atoms with Gasteiger partial charge in [-0.25, -0.2) is 0 Å². The Morgan fingerprint density at radius 1 is 1.03 bits per heavy atom. The van der Waals surface area contributed by atoms with Gasteiger partial charge in [0.25, 0.3) is 0 Å². The van der Waals surface area contributed by atoms with Gasteiger partial charge in [-0.15, -0.1) is 0 Å². The van der Waals surface area contributed by atoms with Crippen molar-refractivity contribution in [2.75, 3.05) is 30.4 Å². The SMILES string of the molecule is CNc1nc(-c2ccccc2)nc(N2CCC(C(=O)NCc3cc(Cl)cc(Cl)c3)CC2)n1. The summed E-state index contributed by atoms with van der Waals surface area (Å²) in [5.41, 5.74) is 1.81. The summed E-state index contributed by atoms with van der Waals surface area (Å²) in [6.45, 7) is 1.80. The van der Waals surface area contributed by atoms with Crippen molar-refractivity contribution >= 4 is 41.0 Å². The van der Waals surface area contributed by atoms with Gasteiger partial charge < -0.3 is 15.5 Å². The Balaban J connectivity index is 1.38. The Kier molecular flexibility index (Phi) is 7.07. The number of carbonyl (C=O) groups is 1. The monoisotopic (exact) mass is 470 g/mol. The minimum atomic E-state index is -0.0555. The third kappa shape index (κ3) is 5.47. The highest BCUT2D eigenvalue weighted by Gasteiger charge is 2.26. The van der Waals surface area contributed by atoms with Crippen LogP contribution in [0.2, 0.25) is 10.0 Å². The van der Waals surface area contributed by atoms with Crippen LogP contribution in [0.25, 0.3) is 11.4 Å². The van der Waals surface area contributed by atoms with E-state index in [9.17, 15) is 4.79 Å². The molecule has 4 rings (SSSR count). The molecule has 1 fully saturated rings. The summed E-state index contributed by atoms with van der Waals surface area (Å²) >= 11 is 12.1. The van der Waals surface area contributed by atoms with Gasteiger partial charge in [0, 0.05) is 48.2 Å². The molecule has 0 radical (unpaired) electrons. The molecule has 1 aromatic heterocycles.